The lowest BCUT2D eigenvalue weighted by atomic mass is 9.98. The number of nitrogens with one attached hydrogen (secondary N) is 2. The normalized spacial score (nSPS) is 24.1. The first-order valence-electron chi connectivity index (χ1n) is 9.23. The van der Waals surface area contributed by atoms with Crippen molar-refractivity contribution in [3.63, 3.8) is 0 Å². The summed E-state index contributed by atoms with van der Waals surface area (Å²) in [4.78, 5) is 4.41. The monoisotopic (exact) mass is 576 g/mol. The molecule has 2 aliphatic heterocycles. The maximum atomic E-state index is 12.6. The van der Waals surface area contributed by atoms with Crippen LogP contribution < -0.4 is 10.6 Å². The Labute approximate surface area is 187 Å². The Hall–Kier alpha value is -0.350. The number of sulfone groups is 1. The smallest absolute Gasteiger partial charge is 0.357 e. The van der Waals surface area contributed by atoms with Gasteiger partial charge in [-0.2, -0.15) is 17.5 Å². The number of rotatable bonds is 6. The molecule has 0 aliphatic carbocycles. The van der Waals surface area contributed by atoms with E-state index in [0.717, 1.165) is 0 Å². The van der Waals surface area contributed by atoms with E-state index < -0.39 is 25.4 Å². The van der Waals surface area contributed by atoms with Crippen LogP contribution in [0.25, 0.3) is 0 Å². The first kappa shape index (κ1) is 26.7. The number of hydrogen-bond donors (Lipinski definition) is 2. The second-order valence-electron chi connectivity index (χ2n) is 7.16. The summed E-state index contributed by atoms with van der Waals surface area (Å²) in [6, 6.07) is 0. The molecule has 1 unspecified atom stereocenters. The van der Waals surface area contributed by atoms with Gasteiger partial charge in [0.1, 0.15) is 0 Å². The highest BCUT2D eigenvalue weighted by molar-refractivity contribution is 14.0. The third-order valence-electron chi connectivity index (χ3n) is 4.94. The van der Waals surface area contributed by atoms with Crippen molar-refractivity contribution in [3.8, 4) is 0 Å². The third kappa shape index (κ3) is 7.69. The molecule has 2 N–H and O–H groups in total. The summed E-state index contributed by atoms with van der Waals surface area (Å²) < 4.78 is 84.2. The van der Waals surface area contributed by atoms with Crippen molar-refractivity contribution in [3.05, 3.63) is 0 Å². The van der Waals surface area contributed by atoms with E-state index in [-0.39, 0.29) is 60.4 Å². The Kier molecular flexibility index (Phi) is 9.93. The fourth-order valence-electron chi connectivity index (χ4n) is 3.32. The van der Waals surface area contributed by atoms with E-state index in [0.29, 0.717) is 49.2 Å². The molecule has 14 heteroatoms. The van der Waals surface area contributed by atoms with Gasteiger partial charge in [0.25, 0.3) is 0 Å². The molecule has 2 saturated heterocycles. The molecule has 2 fully saturated rings. The maximum absolute atomic E-state index is 12.6. The van der Waals surface area contributed by atoms with Crippen LogP contribution in [-0.2, 0) is 19.9 Å². The molecule has 0 saturated carbocycles. The van der Waals surface area contributed by atoms with Crippen molar-refractivity contribution in [1.29, 1.82) is 0 Å². The molecule has 0 amide bonds. The Bertz CT molecular complexity index is 767. The van der Waals surface area contributed by atoms with E-state index in [1.165, 1.54) is 0 Å². The summed E-state index contributed by atoms with van der Waals surface area (Å²) in [5.41, 5.74) is -5.27. The average Bonchev–Trinajstić information content (AvgIpc) is 2.95. The van der Waals surface area contributed by atoms with Gasteiger partial charge in [0.05, 0.1) is 11.5 Å². The molecule has 29 heavy (non-hydrogen) atoms. The number of piperidine rings is 1. The predicted octanol–water partition coefficient (Wildman–Crippen LogP) is 1.16. The van der Waals surface area contributed by atoms with Crippen LogP contribution in [0.1, 0.15) is 26.2 Å². The van der Waals surface area contributed by atoms with Crippen LogP contribution in [0.5, 0.6) is 0 Å². The summed E-state index contributed by atoms with van der Waals surface area (Å²) in [5, 5.41) is 6.17. The topological polar surface area (TPSA) is 108 Å². The van der Waals surface area contributed by atoms with Gasteiger partial charge < -0.3 is 10.6 Å². The Morgan fingerprint density at radius 1 is 1.14 bits per heavy atom. The van der Waals surface area contributed by atoms with E-state index in [9.17, 15) is 30.0 Å². The summed E-state index contributed by atoms with van der Waals surface area (Å²) in [6.07, 6.45) is 1.24. The van der Waals surface area contributed by atoms with Crippen LogP contribution in [0.4, 0.5) is 13.2 Å². The first-order chi connectivity index (χ1) is 12.9. The SMILES string of the molecule is CCNC(=NCC1CCS(=O)(=O)C1)NCC1CCN(S(=O)(=O)C(F)(F)F)CC1.I. The Morgan fingerprint density at radius 3 is 2.24 bits per heavy atom. The molecule has 0 aromatic rings. The highest BCUT2D eigenvalue weighted by atomic mass is 127. The van der Waals surface area contributed by atoms with Gasteiger partial charge in [0, 0.05) is 32.7 Å². The number of halogens is 4. The number of hydrogen-bond acceptors (Lipinski definition) is 5. The van der Waals surface area contributed by atoms with E-state index in [4.69, 9.17) is 0 Å². The van der Waals surface area contributed by atoms with Crippen molar-refractivity contribution in [2.75, 3.05) is 44.2 Å². The molecular weight excluding hydrogens is 548 g/mol. The Balaban J connectivity index is 0.00000420. The molecule has 0 aromatic carbocycles. The minimum atomic E-state index is -5.27. The number of alkyl halides is 3. The number of nitrogens with zero attached hydrogens (tertiary/aromatic N) is 2. The largest absolute Gasteiger partial charge is 0.511 e. The van der Waals surface area contributed by atoms with E-state index in [1.807, 2.05) is 6.92 Å². The van der Waals surface area contributed by atoms with E-state index in [1.54, 1.807) is 0 Å². The summed E-state index contributed by atoms with van der Waals surface area (Å²) in [6.45, 7) is 3.00. The highest BCUT2D eigenvalue weighted by Crippen LogP contribution is 2.30. The van der Waals surface area contributed by atoms with Gasteiger partial charge >= 0.3 is 15.5 Å². The molecule has 2 rings (SSSR count). The van der Waals surface area contributed by atoms with Crippen molar-refractivity contribution in [1.82, 2.24) is 14.9 Å². The van der Waals surface area contributed by atoms with Gasteiger partial charge in [-0.3, -0.25) is 4.99 Å². The van der Waals surface area contributed by atoms with Crippen LogP contribution in [0, 0.1) is 11.8 Å². The van der Waals surface area contributed by atoms with E-state index >= 15 is 0 Å². The zero-order valence-electron chi connectivity index (χ0n) is 16.1. The lowest BCUT2D eigenvalue weighted by Crippen LogP contribution is -2.47. The molecule has 2 aliphatic rings. The minimum absolute atomic E-state index is 0. The van der Waals surface area contributed by atoms with Gasteiger partial charge in [0.2, 0.25) is 0 Å². The maximum Gasteiger partial charge on any atom is 0.511 e. The summed E-state index contributed by atoms with van der Waals surface area (Å²) in [7, 11) is -8.22. The number of aliphatic imine (C=N–C) groups is 1. The summed E-state index contributed by atoms with van der Waals surface area (Å²) >= 11 is 0. The third-order valence-corrected chi connectivity index (χ3v) is 8.41. The minimum Gasteiger partial charge on any atom is -0.357 e. The van der Waals surface area contributed by atoms with Gasteiger partial charge in [0.15, 0.2) is 15.8 Å². The first-order valence-corrected chi connectivity index (χ1v) is 12.5. The molecular formula is C15H28F3IN4O4S2. The fraction of sp³-hybridized carbons (Fsp3) is 0.933. The lowest BCUT2D eigenvalue weighted by molar-refractivity contribution is -0.0496. The second-order valence-corrected chi connectivity index (χ2v) is 11.3. The number of sulfonamides is 1. The van der Waals surface area contributed by atoms with Crippen molar-refractivity contribution >= 4 is 49.8 Å². The van der Waals surface area contributed by atoms with Crippen molar-refractivity contribution < 1.29 is 30.0 Å². The zero-order valence-corrected chi connectivity index (χ0v) is 20.1. The fourth-order valence-corrected chi connectivity index (χ4v) is 6.15. The van der Waals surface area contributed by atoms with Crippen LogP contribution in [0.2, 0.25) is 0 Å². The van der Waals surface area contributed by atoms with Crippen LogP contribution in [0.3, 0.4) is 0 Å². The van der Waals surface area contributed by atoms with Crippen LogP contribution in [-0.4, -0.2) is 76.8 Å². The van der Waals surface area contributed by atoms with Gasteiger partial charge in [-0.15, -0.1) is 24.0 Å². The molecule has 172 valence electrons. The lowest BCUT2D eigenvalue weighted by Gasteiger charge is -2.31. The highest BCUT2D eigenvalue weighted by Gasteiger charge is 2.50. The van der Waals surface area contributed by atoms with Gasteiger partial charge in [-0.05, 0) is 38.0 Å². The number of guanidine groups is 1. The zero-order chi connectivity index (χ0) is 21.0. The summed E-state index contributed by atoms with van der Waals surface area (Å²) in [5.74, 6) is 0.877. The quantitative estimate of drug-likeness (QED) is 0.279. The average molecular weight is 576 g/mol. The molecule has 0 radical (unpaired) electrons. The molecule has 8 nitrogen and oxygen atoms in total. The van der Waals surface area contributed by atoms with Gasteiger partial charge in [-0.1, -0.05) is 0 Å². The van der Waals surface area contributed by atoms with E-state index in [2.05, 4.69) is 15.6 Å². The van der Waals surface area contributed by atoms with Gasteiger partial charge in [-0.25, -0.2) is 16.8 Å². The molecule has 0 spiro atoms. The molecule has 2 heterocycles. The standard InChI is InChI=1S/C15H27F3N4O4S2.HI/c1-2-19-14(21-10-13-5-8-27(23,24)11-13)20-9-12-3-6-22(7-4-12)28(25,26)15(16,17)18;/h12-13H,2-11H2,1H3,(H2,19,20,21);1H. The molecule has 1 atom stereocenters. The Morgan fingerprint density at radius 2 is 1.76 bits per heavy atom. The molecule has 0 bridgehead atoms. The van der Waals surface area contributed by atoms with Crippen LogP contribution in [0.15, 0.2) is 4.99 Å². The molecule has 0 aromatic heterocycles. The van der Waals surface area contributed by atoms with Crippen LogP contribution >= 0.6 is 24.0 Å². The second kappa shape index (κ2) is 10.8. The van der Waals surface area contributed by atoms with Crippen molar-refractivity contribution in [2.45, 2.75) is 31.7 Å². The van der Waals surface area contributed by atoms with Crippen molar-refractivity contribution in [2.24, 2.45) is 16.8 Å². The predicted molar refractivity (Wildman–Crippen MR) is 115 cm³/mol.